The Hall–Kier alpha value is -3.59. The van der Waals surface area contributed by atoms with E-state index in [4.69, 9.17) is 9.15 Å². The van der Waals surface area contributed by atoms with E-state index in [2.05, 4.69) is 0 Å². The van der Waals surface area contributed by atoms with Crippen molar-refractivity contribution in [2.24, 2.45) is 0 Å². The molecule has 0 spiro atoms. The lowest BCUT2D eigenvalue weighted by molar-refractivity contribution is -0.137. The first-order valence-corrected chi connectivity index (χ1v) is 10.6. The SMILES string of the molecule is COCCN(CC(=O)N(Cc1ccccc1)Cc1ccco1)C(=O)c1ccc(C(F)(F)F)cc1. The molecule has 1 aromatic heterocycles. The highest BCUT2D eigenvalue weighted by molar-refractivity contribution is 5.96. The molecule has 0 radical (unpaired) electrons. The van der Waals surface area contributed by atoms with Crippen molar-refractivity contribution < 1.29 is 31.9 Å². The van der Waals surface area contributed by atoms with Crippen LogP contribution in [0.15, 0.2) is 77.4 Å². The predicted octanol–water partition coefficient (Wildman–Crippen LogP) is 4.62. The Morgan fingerprint density at radius 3 is 2.21 bits per heavy atom. The minimum atomic E-state index is -4.50. The number of carbonyl (C=O) groups excluding carboxylic acids is 2. The number of rotatable bonds is 10. The fraction of sp³-hybridized carbons (Fsp3) is 0.280. The summed E-state index contributed by atoms with van der Waals surface area (Å²) in [6.45, 7) is 0.496. The molecule has 0 N–H and O–H groups in total. The maximum Gasteiger partial charge on any atom is 0.416 e. The van der Waals surface area contributed by atoms with Crippen molar-refractivity contribution in [3.8, 4) is 0 Å². The summed E-state index contributed by atoms with van der Waals surface area (Å²) in [4.78, 5) is 29.2. The number of hydrogen-bond acceptors (Lipinski definition) is 4. The lowest BCUT2D eigenvalue weighted by Crippen LogP contribution is -2.43. The molecule has 0 aliphatic rings. The van der Waals surface area contributed by atoms with Gasteiger partial charge < -0.3 is 19.0 Å². The molecule has 9 heteroatoms. The smallest absolute Gasteiger partial charge is 0.416 e. The molecule has 0 aliphatic carbocycles. The lowest BCUT2D eigenvalue weighted by atomic mass is 10.1. The largest absolute Gasteiger partial charge is 0.467 e. The van der Waals surface area contributed by atoms with Gasteiger partial charge in [-0.25, -0.2) is 0 Å². The Bertz CT molecular complexity index is 1050. The van der Waals surface area contributed by atoms with Crippen LogP contribution >= 0.6 is 0 Å². The van der Waals surface area contributed by atoms with Crippen LogP contribution in [0.5, 0.6) is 0 Å². The number of hydrogen-bond donors (Lipinski definition) is 0. The molecule has 6 nitrogen and oxygen atoms in total. The van der Waals surface area contributed by atoms with E-state index in [1.165, 1.54) is 18.3 Å². The summed E-state index contributed by atoms with van der Waals surface area (Å²) in [5.74, 6) is -0.310. The first kappa shape index (κ1) is 25.0. The van der Waals surface area contributed by atoms with E-state index in [-0.39, 0.29) is 37.7 Å². The molecule has 2 aromatic carbocycles. The molecule has 0 saturated heterocycles. The van der Waals surface area contributed by atoms with Gasteiger partial charge in [0, 0.05) is 25.8 Å². The highest BCUT2D eigenvalue weighted by atomic mass is 19.4. The highest BCUT2D eigenvalue weighted by Gasteiger charge is 2.31. The number of methoxy groups -OCH3 is 1. The number of halogens is 3. The third-order valence-corrected chi connectivity index (χ3v) is 5.13. The summed E-state index contributed by atoms with van der Waals surface area (Å²) in [6, 6.07) is 16.8. The summed E-state index contributed by atoms with van der Waals surface area (Å²) >= 11 is 0. The van der Waals surface area contributed by atoms with Crippen molar-refractivity contribution in [3.63, 3.8) is 0 Å². The third-order valence-electron chi connectivity index (χ3n) is 5.13. The maximum absolute atomic E-state index is 13.3. The van der Waals surface area contributed by atoms with Gasteiger partial charge in [0.25, 0.3) is 5.91 Å². The van der Waals surface area contributed by atoms with Crippen molar-refractivity contribution in [1.82, 2.24) is 9.80 Å². The lowest BCUT2D eigenvalue weighted by Gasteiger charge is -2.27. The first-order chi connectivity index (χ1) is 16.3. The van der Waals surface area contributed by atoms with Gasteiger partial charge in [-0.15, -0.1) is 0 Å². The molecule has 180 valence electrons. The van der Waals surface area contributed by atoms with Crippen molar-refractivity contribution in [2.45, 2.75) is 19.3 Å². The fourth-order valence-corrected chi connectivity index (χ4v) is 3.33. The molecule has 3 rings (SSSR count). The van der Waals surface area contributed by atoms with E-state index >= 15 is 0 Å². The zero-order valence-corrected chi connectivity index (χ0v) is 18.6. The Kier molecular flexibility index (Phi) is 8.48. The molecule has 0 unspecified atom stereocenters. The number of ether oxygens (including phenoxy) is 1. The van der Waals surface area contributed by atoms with E-state index in [0.717, 1.165) is 29.8 Å². The second-order valence-electron chi connectivity index (χ2n) is 7.61. The van der Waals surface area contributed by atoms with Gasteiger partial charge in [-0.2, -0.15) is 13.2 Å². The second kappa shape index (κ2) is 11.5. The molecular formula is C25H25F3N2O4. The number of benzene rings is 2. The number of alkyl halides is 3. The van der Waals surface area contributed by atoms with Gasteiger partial charge in [0.2, 0.25) is 5.91 Å². The Morgan fingerprint density at radius 1 is 0.912 bits per heavy atom. The van der Waals surface area contributed by atoms with Gasteiger partial charge in [0.1, 0.15) is 12.3 Å². The molecule has 3 aromatic rings. The van der Waals surface area contributed by atoms with Crippen LogP contribution < -0.4 is 0 Å². The Labute approximate surface area is 195 Å². The average Bonchev–Trinajstić information content (AvgIpc) is 3.34. The van der Waals surface area contributed by atoms with E-state index < -0.39 is 17.6 Å². The van der Waals surface area contributed by atoms with Crippen LogP contribution in [0.25, 0.3) is 0 Å². The number of nitrogens with zero attached hydrogens (tertiary/aromatic N) is 2. The Balaban J connectivity index is 1.78. The molecule has 0 aliphatic heterocycles. The zero-order chi connectivity index (χ0) is 24.6. The predicted molar refractivity (Wildman–Crippen MR) is 119 cm³/mol. The normalized spacial score (nSPS) is 11.3. The summed E-state index contributed by atoms with van der Waals surface area (Å²) in [5.41, 5.74) is 0.105. The van der Waals surface area contributed by atoms with Crippen LogP contribution in [0.3, 0.4) is 0 Å². The topological polar surface area (TPSA) is 63.0 Å². The van der Waals surface area contributed by atoms with Crippen LogP contribution in [-0.2, 0) is 28.8 Å². The van der Waals surface area contributed by atoms with Crippen LogP contribution in [0, 0.1) is 0 Å². The van der Waals surface area contributed by atoms with Crippen molar-refractivity contribution in [2.75, 3.05) is 26.8 Å². The number of furan rings is 1. The van der Waals surface area contributed by atoms with Crippen molar-refractivity contribution >= 4 is 11.8 Å². The van der Waals surface area contributed by atoms with Gasteiger partial charge in [0.05, 0.1) is 25.0 Å². The summed E-state index contributed by atoms with van der Waals surface area (Å²) in [6.07, 6.45) is -2.99. The van der Waals surface area contributed by atoms with Gasteiger partial charge in [0.15, 0.2) is 0 Å². The minimum Gasteiger partial charge on any atom is -0.467 e. The van der Waals surface area contributed by atoms with Gasteiger partial charge in [-0.1, -0.05) is 30.3 Å². The molecule has 0 fully saturated rings. The molecule has 0 saturated carbocycles. The highest BCUT2D eigenvalue weighted by Crippen LogP contribution is 2.29. The maximum atomic E-state index is 13.3. The van der Waals surface area contributed by atoms with Crippen LogP contribution in [0.4, 0.5) is 13.2 Å². The quantitative estimate of drug-likeness (QED) is 0.430. The fourth-order valence-electron chi connectivity index (χ4n) is 3.33. The van der Waals surface area contributed by atoms with E-state index in [0.29, 0.717) is 12.3 Å². The molecular weight excluding hydrogens is 449 g/mol. The van der Waals surface area contributed by atoms with Gasteiger partial charge >= 0.3 is 6.18 Å². The van der Waals surface area contributed by atoms with Gasteiger partial charge in [-0.3, -0.25) is 9.59 Å². The molecule has 0 atom stereocenters. The van der Waals surface area contributed by atoms with Crippen LogP contribution in [-0.4, -0.2) is 48.4 Å². The van der Waals surface area contributed by atoms with E-state index in [1.54, 1.807) is 17.0 Å². The summed E-state index contributed by atoms with van der Waals surface area (Å²) in [5, 5.41) is 0. The average molecular weight is 474 g/mol. The molecule has 0 bridgehead atoms. The van der Waals surface area contributed by atoms with E-state index in [1.807, 2.05) is 30.3 Å². The summed E-state index contributed by atoms with van der Waals surface area (Å²) < 4.78 is 49.1. The summed E-state index contributed by atoms with van der Waals surface area (Å²) in [7, 11) is 1.46. The van der Waals surface area contributed by atoms with Crippen LogP contribution in [0.2, 0.25) is 0 Å². The van der Waals surface area contributed by atoms with Crippen molar-refractivity contribution in [3.05, 3.63) is 95.4 Å². The van der Waals surface area contributed by atoms with Gasteiger partial charge in [-0.05, 0) is 42.0 Å². The second-order valence-corrected chi connectivity index (χ2v) is 7.61. The number of amides is 2. The number of carbonyl (C=O) groups is 2. The molecule has 1 heterocycles. The third kappa shape index (κ3) is 6.95. The first-order valence-electron chi connectivity index (χ1n) is 10.6. The monoisotopic (exact) mass is 474 g/mol. The standard InChI is InChI=1S/C25H25F3N2O4/c1-33-15-13-29(24(32)20-9-11-21(12-10-20)25(26,27)28)18-23(31)30(17-22-8-5-14-34-22)16-19-6-3-2-4-7-19/h2-12,14H,13,15-18H2,1H3. The molecule has 34 heavy (non-hydrogen) atoms. The van der Waals surface area contributed by atoms with Crippen LogP contribution in [0.1, 0.15) is 27.2 Å². The molecule has 2 amide bonds. The minimum absolute atomic E-state index is 0.0533. The van der Waals surface area contributed by atoms with E-state index in [9.17, 15) is 22.8 Å². The van der Waals surface area contributed by atoms with Crippen molar-refractivity contribution in [1.29, 1.82) is 0 Å². The Morgan fingerprint density at radius 2 is 1.62 bits per heavy atom. The zero-order valence-electron chi connectivity index (χ0n) is 18.6.